The van der Waals surface area contributed by atoms with Crippen LogP contribution >= 0.6 is 0 Å². The summed E-state index contributed by atoms with van der Waals surface area (Å²) in [6.07, 6.45) is 0. The van der Waals surface area contributed by atoms with Crippen molar-refractivity contribution in [1.29, 1.82) is 0 Å². The first-order chi connectivity index (χ1) is 2.00. The van der Waals surface area contributed by atoms with E-state index in [1.807, 2.05) is 0 Å². The standard InChI is InChI=1S/Co.H2O4S.7H/c;1-5(2,3)4;;;;;;;/h;(H2,1,2,3,4);;;;;;;/q;;7*-1. The van der Waals surface area contributed by atoms with Crippen molar-refractivity contribution in [2.75, 3.05) is 0 Å². The van der Waals surface area contributed by atoms with Gasteiger partial charge in [-0.15, -0.1) is 0 Å². The van der Waals surface area contributed by atoms with Gasteiger partial charge in [-0.25, -0.2) is 0 Å². The van der Waals surface area contributed by atoms with Crippen LogP contribution in [0.15, 0.2) is 0 Å². The van der Waals surface area contributed by atoms with Crippen molar-refractivity contribution in [3.63, 3.8) is 0 Å². The average Bonchev–Trinajstić information content (AvgIpc) is 0.722. The molecule has 1 radical (unpaired) electrons. The van der Waals surface area contributed by atoms with E-state index in [0.717, 1.165) is 0 Å². The molecular formula is H9CoO4S-7. The Morgan fingerprint density at radius 2 is 1.33 bits per heavy atom. The quantitative estimate of drug-likeness (QED) is 0.499. The molecule has 4 nitrogen and oxygen atoms in total. The molecule has 0 aromatic carbocycles. The molecule has 0 aliphatic carbocycles. The largest absolute Gasteiger partial charge is 1.00 e. The van der Waals surface area contributed by atoms with Gasteiger partial charge in [0.15, 0.2) is 0 Å². The van der Waals surface area contributed by atoms with Crippen molar-refractivity contribution in [2.24, 2.45) is 0 Å². The second kappa shape index (κ2) is 2.53. The third-order valence-electron chi connectivity index (χ3n) is 0. The zero-order valence-corrected chi connectivity index (χ0v) is 4.31. The fraction of sp³-hybridized carbons (Fsp3) is 0. The van der Waals surface area contributed by atoms with Crippen LogP contribution in [0.3, 0.4) is 0 Å². The Morgan fingerprint density at radius 1 is 1.33 bits per heavy atom. The summed E-state index contributed by atoms with van der Waals surface area (Å²) in [6, 6.07) is 0. The van der Waals surface area contributed by atoms with Gasteiger partial charge in [-0.05, 0) is 0 Å². The molecule has 0 fully saturated rings. The van der Waals surface area contributed by atoms with E-state index < -0.39 is 10.4 Å². The van der Waals surface area contributed by atoms with E-state index in [9.17, 15) is 0 Å². The van der Waals surface area contributed by atoms with Crippen molar-refractivity contribution in [3.05, 3.63) is 0 Å². The molecule has 0 saturated carbocycles. The third-order valence-corrected chi connectivity index (χ3v) is 0. The Labute approximate surface area is 55.7 Å². The number of hydrogen-bond acceptors (Lipinski definition) is 2. The monoisotopic (exact) mass is 164 g/mol. The molecule has 0 bridgehead atoms. The van der Waals surface area contributed by atoms with Crippen molar-refractivity contribution in [3.8, 4) is 0 Å². The first kappa shape index (κ1) is 9.62. The van der Waals surface area contributed by atoms with Crippen LogP contribution in [0, 0.1) is 0 Å². The zero-order chi connectivity index (χ0) is 4.50. The number of hydrogen-bond donors (Lipinski definition) is 2. The van der Waals surface area contributed by atoms with Crippen molar-refractivity contribution in [2.45, 2.75) is 0 Å². The van der Waals surface area contributed by atoms with Gasteiger partial charge in [0.1, 0.15) is 0 Å². The second-order valence-electron chi connectivity index (χ2n) is 0.448. The van der Waals surface area contributed by atoms with Gasteiger partial charge in [0.05, 0.1) is 0 Å². The van der Waals surface area contributed by atoms with Gasteiger partial charge in [-0.2, -0.15) is 8.42 Å². The van der Waals surface area contributed by atoms with Crippen molar-refractivity contribution >= 4 is 10.4 Å². The van der Waals surface area contributed by atoms with Crippen LogP contribution in [0.1, 0.15) is 9.99 Å². The van der Waals surface area contributed by atoms with E-state index in [4.69, 9.17) is 17.5 Å². The van der Waals surface area contributed by atoms with Gasteiger partial charge in [-0.1, -0.05) is 0 Å². The van der Waals surface area contributed by atoms with Gasteiger partial charge in [0.2, 0.25) is 0 Å². The first-order valence-corrected chi connectivity index (χ1v) is 2.10. The Balaban J connectivity index is -0.00000000286. The molecule has 0 aliphatic heterocycles. The van der Waals surface area contributed by atoms with Crippen molar-refractivity contribution in [1.82, 2.24) is 0 Å². The van der Waals surface area contributed by atoms with E-state index in [1.165, 1.54) is 0 Å². The molecule has 2 N–H and O–H groups in total. The molecule has 0 amide bonds. The molecule has 0 aromatic heterocycles. The summed E-state index contributed by atoms with van der Waals surface area (Å²) in [7, 11) is -4.67. The summed E-state index contributed by atoms with van der Waals surface area (Å²) < 4.78 is 31.6. The topological polar surface area (TPSA) is 74.6 Å². The second-order valence-corrected chi connectivity index (χ2v) is 1.34. The summed E-state index contributed by atoms with van der Waals surface area (Å²) in [5, 5.41) is 0. The molecule has 0 saturated heterocycles. The van der Waals surface area contributed by atoms with Crippen LogP contribution in [0.25, 0.3) is 0 Å². The van der Waals surface area contributed by atoms with Gasteiger partial charge in [-0.3, -0.25) is 9.11 Å². The molecule has 0 spiro atoms. The molecule has 0 aromatic rings. The minimum atomic E-state index is -4.67. The summed E-state index contributed by atoms with van der Waals surface area (Å²) >= 11 is 0. The summed E-state index contributed by atoms with van der Waals surface area (Å²) in [5.41, 5.74) is 0. The average molecular weight is 164 g/mol. The van der Waals surface area contributed by atoms with E-state index >= 15 is 0 Å². The van der Waals surface area contributed by atoms with E-state index in [-0.39, 0.29) is 26.8 Å². The Kier molecular flexibility index (Phi) is 4.06. The maximum absolute atomic E-state index is 8.74. The van der Waals surface area contributed by atoms with Crippen LogP contribution < -0.4 is 0 Å². The van der Waals surface area contributed by atoms with Gasteiger partial charge in [0, 0.05) is 16.8 Å². The molecule has 6 heavy (non-hydrogen) atoms. The molecule has 0 heterocycles. The Bertz CT molecular complexity index is 104. The predicted octanol–water partition coefficient (Wildman–Crippen LogP) is 0.132. The molecule has 0 unspecified atom stereocenters. The SMILES string of the molecule is O=S(=O)(O)O.[Co].[H-].[H-].[H-].[H-].[H-].[H-].[H-]. The third kappa shape index (κ3) is 352. The smallest absolute Gasteiger partial charge is 0.394 e. The molecule has 55 valence electrons. The van der Waals surface area contributed by atoms with E-state index in [1.54, 1.807) is 0 Å². The maximum atomic E-state index is 8.74. The van der Waals surface area contributed by atoms with Crippen LogP contribution in [0.2, 0.25) is 0 Å². The zero-order valence-electron chi connectivity index (χ0n) is 9.45. The van der Waals surface area contributed by atoms with Gasteiger partial charge >= 0.3 is 10.4 Å². The molecule has 0 aliphatic rings. The van der Waals surface area contributed by atoms with Crippen LogP contribution in [0.5, 0.6) is 0 Å². The molecule has 0 rings (SSSR count). The van der Waals surface area contributed by atoms with Gasteiger partial charge < -0.3 is 9.99 Å². The molecule has 0 atom stereocenters. The Morgan fingerprint density at radius 3 is 1.33 bits per heavy atom. The first-order valence-electron chi connectivity index (χ1n) is 0.698. The fourth-order valence-corrected chi connectivity index (χ4v) is 0. The normalized spacial score (nSPS) is 9.67. The summed E-state index contributed by atoms with van der Waals surface area (Å²) in [6.45, 7) is 0. The van der Waals surface area contributed by atoms with E-state index in [0.29, 0.717) is 0 Å². The van der Waals surface area contributed by atoms with Crippen LogP contribution in [-0.4, -0.2) is 17.5 Å². The van der Waals surface area contributed by atoms with Crippen LogP contribution in [-0.2, 0) is 27.2 Å². The molecule has 6 heteroatoms. The Hall–Kier alpha value is 0.376. The summed E-state index contributed by atoms with van der Waals surface area (Å²) in [5.74, 6) is 0. The van der Waals surface area contributed by atoms with Crippen molar-refractivity contribution < 1.29 is 44.3 Å². The minimum absolute atomic E-state index is 0. The van der Waals surface area contributed by atoms with Gasteiger partial charge in [0.25, 0.3) is 0 Å². The number of rotatable bonds is 0. The van der Waals surface area contributed by atoms with E-state index in [2.05, 4.69) is 0 Å². The summed E-state index contributed by atoms with van der Waals surface area (Å²) in [4.78, 5) is 0. The molecular weight excluding hydrogens is 155 g/mol. The minimum Gasteiger partial charge on any atom is -1.00 e. The van der Waals surface area contributed by atoms with Crippen LogP contribution in [0.4, 0.5) is 0 Å². The fourth-order valence-electron chi connectivity index (χ4n) is 0. The maximum Gasteiger partial charge on any atom is 0.394 e. The predicted molar refractivity (Wildman–Crippen MR) is 22.0 cm³/mol.